The highest BCUT2D eigenvalue weighted by atomic mass is 19.1. The van der Waals surface area contributed by atoms with Crippen LogP contribution < -0.4 is 0 Å². The summed E-state index contributed by atoms with van der Waals surface area (Å²) in [6.45, 7) is 2.75. The molecule has 1 aromatic rings. The van der Waals surface area contributed by atoms with Crippen LogP contribution in [0, 0.1) is 11.6 Å². The minimum absolute atomic E-state index is 0.200. The standard InChI is InChI=1S/C12H14F2O4/c1-3-17-11(6-18-7(2)15)12-9(13)4-8(16)5-10(12)14/h4-5,11,16H,3,6H2,1-2H3. The molecule has 0 aliphatic carbocycles. The smallest absolute Gasteiger partial charge is 0.302 e. The van der Waals surface area contributed by atoms with Crippen molar-refractivity contribution in [2.45, 2.75) is 20.0 Å². The van der Waals surface area contributed by atoms with E-state index in [0.29, 0.717) is 0 Å². The van der Waals surface area contributed by atoms with Crippen LogP contribution in [0.2, 0.25) is 0 Å². The van der Waals surface area contributed by atoms with E-state index >= 15 is 0 Å². The van der Waals surface area contributed by atoms with Crippen molar-refractivity contribution in [2.75, 3.05) is 13.2 Å². The molecule has 18 heavy (non-hydrogen) atoms. The van der Waals surface area contributed by atoms with Gasteiger partial charge in [0.25, 0.3) is 0 Å². The fourth-order valence-corrected chi connectivity index (χ4v) is 1.49. The van der Waals surface area contributed by atoms with E-state index in [1.54, 1.807) is 6.92 Å². The molecule has 0 fully saturated rings. The van der Waals surface area contributed by atoms with Gasteiger partial charge in [0.1, 0.15) is 30.1 Å². The zero-order valence-corrected chi connectivity index (χ0v) is 10.1. The lowest BCUT2D eigenvalue weighted by atomic mass is 10.1. The number of ether oxygens (including phenoxy) is 2. The molecule has 0 saturated carbocycles. The highest BCUT2D eigenvalue weighted by Crippen LogP contribution is 2.27. The number of benzene rings is 1. The van der Waals surface area contributed by atoms with Crippen molar-refractivity contribution >= 4 is 5.97 Å². The van der Waals surface area contributed by atoms with E-state index in [9.17, 15) is 13.6 Å². The van der Waals surface area contributed by atoms with E-state index in [-0.39, 0.29) is 18.8 Å². The van der Waals surface area contributed by atoms with Gasteiger partial charge in [0.15, 0.2) is 0 Å². The third-order valence-electron chi connectivity index (χ3n) is 2.19. The van der Waals surface area contributed by atoms with Crippen LogP contribution in [-0.4, -0.2) is 24.3 Å². The second-order valence-electron chi connectivity index (χ2n) is 3.57. The van der Waals surface area contributed by atoms with Gasteiger partial charge in [0.2, 0.25) is 0 Å². The number of phenols is 1. The summed E-state index contributed by atoms with van der Waals surface area (Å²) in [6, 6.07) is 1.55. The first kappa shape index (κ1) is 14.4. The number of carbonyl (C=O) groups is 1. The first-order chi connectivity index (χ1) is 8.45. The van der Waals surface area contributed by atoms with E-state index in [1.807, 2.05) is 0 Å². The zero-order chi connectivity index (χ0) is 13.7. The monoisotopic (exact) mass is 260 g/mol. The lowest BCUT2D eigenvalue weighted by Crippen LogP contribution is -2.17. The number of halogens is 2. The number of esters is 1. The molecule has 0 heterocycles. The summed E-state index contributed by atoms with van der Waals surface area (Å²) >= 11 is 0. The van der Waals surface area contributed by atoms with Crippen molar-refractivity contribution in [3.63, 3.8) is 0 Å². The van der Waals surface area contributed by atoms with Gasteiger partial charge < -0.3 is 14.6 Å². The molecule has 0 aliphatic heterocycles. The Morgan fingerprint density at radius 3 is 2.39 bits per heavy atom. The van der Waals surface area contributed by atoms with Gasteiger partial charge in [-0.25, -0.2) is 8.78 Å². The molecule has 0 spiro atoms. The predicted molar refractivity (Wildman–Crippen MR) is 59.0 cm³/mol. The van der Waals surface area contributed by atoms with Crippen LogP contribution in [0.15, 0.2) is 12.1 Å². The number of hydrogen-bond acceptors (Lipinski definition) is 4. The summed E-state index contributed by atoms with van der Waals surface area (Å²) < 4.78 is 37.0. The van der Waals surface area contributed by atoms with Crippen molar-refractivity contribution in [1.29, 1.82) is 0 Å². The van der Waals surface area contributed by atoms with Gasteiger partial charge in [-0.2, -0.15) is 0 Å². The summed E-state index contributed by atoms with van der Waals surface area (Å²) in [6.07, 6.45) is -1.04. The first-order valence-corrected chi connectivity index (χ1v) is 5.38. The van der Waals surface area contributed by atoms with Crippen LogP contribution in [0.3, 0.4) is 0 Å². The Hall–Kier alpha value is -1.69. The number of rotatable bonds is 5. The topological polar surface area (TPSA) is 55.8 Å². The molecule has 1 atom stereocenters. The quantitative estimate of drug-likeness (QED) is 0.825. The second-order valence-corrected chi connectivity index (χ2v) is 3.57. The average Bonchev–Trinajstić information content (AvgIpc) is 2.24. The van der Waals surface area contributed by atoms with Gasteiger partial charge in [-0.05, 0) is 6.92 Å². The fraction of sp³-hybridized carbons (Fsp3) is 0.417. The molecule has 0 aromatic heterocycles. The Balaban J connectivity index is 3.01. The number of carbonyl (C=O) groups excluding carboxylic acids is 1. The normalized spacial score (nSPS) is 12.2. The van der Waals surface area contributed by atoms with Gasteiger partial charge in [-0.15, -0.1) is 0 Å². The molecule has 0 amide bonds. The second kappa shape index (κ2) is 6.30. The number of phenolic OH excluding ortho intramolecular Hbond substituents is 1. The molecule has 1 N–H and O–H groups in total. The highest BCUT2D eigenvalue weighted by molar-refractivity contribution is 5.65. The molecular weight excluding hydrogens is 246 g/mol. The van der Waals surface area contributed by atoms with Crippen LogP contribution >= 0.6 is 0 Å². The van der Waals surface area contributed by atoms with Crippen molar-refractivity contribution < 1.29 is 28.2 Å². The van der Waals surface area contributed by atoms with E-state index < -0.39 is 29.5 Å². The van der Waals surface area contributed by atoms with Gasteiger partial charge >= 0.3 is 5.97 Å². The van der Waals surface area contributed by atoms with Crippen molar-refractivity contribution in [3.05, 3.63) is 29.3 Å². The number of aromatic hydroxyl groups is 1. The third-order valence-corrected chi connectivity index (χ3v) is 2.19. The van der Waals surface area contributed by atoms with Crippen LogP contribution in [0.5, 0.6) is 5.75 Å². The molecule has 0 bridgehead atoms. The van der Waals surface area contributed by atoms with Crippen LogP contribution in [0.25, 0.3) is 0 Å². The van der Waals surface area contributed by atoms with Crippen molar-refractivity contribution in [2.24, 2.45) is 0 Å². The van der Waals surface area contributed by atoms with Crippen molar-refractivity contribution in [1.82, 2.24) is 0 Å². The SMILES string of the molecule is CCOC(COC(C)=O)c1c(F)cc(O)cc1F. The highest BCUT2D eigenvalue weighted by Gasteiger charge is 2.22. The minimum Gasteiger partial charge on any atom is -0.508 e. The average molecular weight is 260 g/mol. The molecule has 100 valence electrons. The Labute approximate surface area is 103 Å². The van der Waals surface area contributed by atoms with E-state index in [0.717, 1.165) is 12.1 Å². The molecule has 0 aliphatic rings. The maximum atomic E-state index is 13.6. The summed E-state index contributed by atoms with van der Waals surface area (Å²) in [4.78, 5) is 10.7. The Bertz CT molecular complexity index is 411. The summed E-state index contributed by atoms with van der Waals surface area (Å²) in [5.41, 5.74) is -0.365. The Morgan fingerprint density at radius 2 is 1.94 bits per heavy atom. The van der Waals surface area contributed by atoms with Crippen LogP contribution in [-0.2, 0) is 14.3 Å². The van der Waals surface area contributed by atoms with Gasteiger partial charge in [0.05, 0.1) is 5.56 Å². The van der Waals surface area contributed by atoms with Crippen LogP contribution in [0.4, 0.5) is 8.78 Å². The molecule has 0 saturated heterocycles. The lowest BCUT2D eigenvalue weighted by molar-refractivity contribution is -0.145. The summed E-state index contributed by atoms with van der Waals surface area (Å²) in [5, 5.41) is 9.04. The third kappa shape index (κ3) is 3.66. The van der Waals surface area contributed by atoms with Crippen LogP contribution in [0.1, 0.15) is 25.5 Å². The number of hydrogen-bond donors (Lipinski definition) is 1. The maximum absolute atomic E-state index is 13.6. The molecule has 1 rings (SSSR count). The van der Waals surface area contributed by atoms with Gasteiger partial charge in [0, 0.05) is 25.7 Å². The van der Waals surface area contributed by atoms with E-state index in [2.05, 4.69) is 0 Å². The molecular formula is C12H14F2O4. The molecule has 6 heteroatoms. The fourth-order valence-electron chi connectivity index (χ4n) is 1.49. The lowest BCUT2D eigenvalue weighted by Gasteiger charge is -2.18. The largest absolute Gasteiger partial charge is 0.508 e. The minimum atomic E-state index is -1.04. The maximum Gasteiger partial charge on any atom is 0.302 e. The summed E-state index contributed by atoms with van der Waals surface area (Å²) in [7, 11) is 0. The first-order valence-electron chi connectivity index (χ1n) is 5.38. The molecule has 1 aromatic carbocycles. The Kier molecular flexibility index (Phi) is 5.03. The summed E-state index contributed by atoms with van der Waals surface area (Å²) in [5.74, 6) is -2.98. The zero-order valence-electron chi connectivity index (χ0n) is 10.1. The molecule has 0 radical (unpaired) electrons. The molecule has 4 nitrogen and oxygen atoms in total. The van der Waals surface area contributed by atoms with Crippen molar-refractivity contribution in [3.8, 4) is 5.75 Å². The Morgan fingerprint density at radius 1 is 1.39 bits per heavy atom. The molecule has 1 unspecified atom stereocenters. The van der Waals surface area contributed by atoms with Gasteiger partial charge in [-0.3, -0.25) is 4.79 Å². The van der Waals surface area contributed by atoms with E-state index in [1.165, 1.54) is 6.92 Å². The predicted octanol–water partition coefficient (Wildman–Crippen LogP) is 2.31. The van der Waals surface area contributed by atoms with E-state index in [4.69, 9.17) is 14.6 Å². The van der Waals surface area contributed by atoms with Gasteiger partial charge in [-0.1, -0.05) is 0 Å².